The summed E-state index contributed by atoms with van der Waals surface area (Å²) in [6.45, 7) is 5.89. The van der Waals surface area contributed by atoms with Gasteiger partial charge in [-0.1, -0.05) is 30.3 Å². The molecule has 1 N–H and O–H groups in total. The molecule has 1 amide bonds. The normalized spacial score (nSPS) is 23.2. The van der Waals surface area contributed by atoms with Crippen LogP contribution in [-0.4, -0.2) is 42.0 Å². The lowest BCUT2D eigenvalue weighted by Gasteiger charge is -2.22. The summed E-state index contributed by atoms with van der Waals surface area (Å²) < 4.78 is 0. The predicted molar refractivity (Wildman–Crippen MR) is 99.4 cm³/mol. The predicted octanol–water partition coefficient (Wildman–Crippen LogP) is 3.13. The monoisotopic (exact) mass is 335 g/mol. The van der Waals surface area contributed by atoms with E-state index < -0.39 is 0 Å². The SMILES string of the molecule is Cc1nc(-c2ccccc2)ccc1C(=O)N1CC[C@@H]2CNC[C@@H]2CC1. The van der Waals surface area contributed by atoms with Gasteiger partial charge in [0, 0.05) is 18.7 Å². The summed E-state index contributed by atoms with van der Waals surface area (Å²) in [4.78, 5) is 19.7. The summed E-state index contributed by atoms with van der Waals surface area (Å²) >= 11 is 0. The van der Waals surface area contributed by atoms with Crippen molar-refractivity contribution in [1.82, 2.24) is 15.2 Å². The Hall–Kier alpha value is -2.20. The van der Waals surface area contributed by atoms with Crippen molar-refractivity contribution in [2.24, 2.45) is 11.8 Å². The first kappa shape index (κ1) is 16.3. The molecule has 2 aliphatic rings. The number of nitrogens with one attached hydrogen (secondary N) is 1. The number of amides is 1. The standard InChI is InChI=1S/C21H25N3O/c1-15-19(7-8-20(23-15)16-5-3-2-4-6-16)21(25)24-11-9-17-13-22-14-18(17)10-12-24/h2-8,17-18,22H,9-14H2,1H3/t17-,18+. The topological polar surface area (TPSA) is 45.2 Å². The Morgan fingerprint density at radius 3 is 2.36 bits per heavy atom. The maximum absolute atomic E-state index is 13.0. The molecule has 2 aromatic rings. The third-order valence-corrected chi connectivity index (χ3v) is 5.69. The molecule has 0 radical (unpaired) electrons. The number of hydrogen-bond donors (Lipinski definition) is 1. The van der Waals surface area contributed by atoms with E-state index in [1.807, 2.05) is 54.3 Å². The Bertz CT molecular complexity index is 745. The van der Waals surface area contributed by atoms with E-state index in [2.05, 4.69) is 10.3 Å². The molecular formula is C21H25N3O. The lowest BCUT2D eigenvalue weighted by molar-refractivity contribution is 0.0757. The number of likely N-dealkylation sites (tertiary alicyclic amines) is 1. The molecule has 0 bridgehead atoms. The van der Waals surface area contributed by atoms with Crippen molar-refractivity contribution in [3.8, 4) is 11.3 Å². The Morgan fingerprint density at radius 1 is 1.04 bits per heavy atom. The highest BCUT2D eigenvalue weighted by molar-refractivity contribution is 5.95. The van der Waals surface area contributed by atoms with Gasteiger partial charge in [0.15, 0.2) is 0 Å². The molecule has 0 aliphatic carbocycles. The zero-order valence-corrected chi connectivity index (χ0v) is 14.7. The Balaban J connectivity index is 1.52. The summed E-state index contributed by atoms with van der Waals surface area (Å²) in [6.07, 6.45) is 2.22. The molecule has 2 aliphatic heterocycles. The number of carbonyl (C=O) groups excluding carboxylic acids is 1. The van der Waals surface area contributed by atoms with Crippen LogP contribution in [-0.2, 0) is 0 Å². The zero-order chi connectivity index (χ0) is 17.2. The largest absolute Gasteiger partial charge is 0.339 e. The summed E-state index contributed by atoms with van der Waals surface area (Å²) in [6, 6.07) is 14.0. The molecule has 1 aromatic carbocycles. The number of aryl methyl sites for hydroxylation is 1. The average Bonchev–Trinajstić information content (AvgIpc) is 3.00. The van der Waals surface area contributed by atoms with Gasteiger partial charge in [0.25, 0.3) is 5.91 Å². The van der Waals surface area contributed by atoms with Crippen molar-refractivity contribution in [1.29, 1.82) is 0 Å². The molecular weight excluding hydrogens is 310 g/mol. The molecule has 1 aromatic heterocycles. The van der Waals surface area contributed by atoms with Crippen molar-refractivity contribution in [2.45, 2.75) is 19.8 Å². The van der Waals surface area contributed by atoms with Crippen molar-refractivity contribution in [3.05, 3.63) is 53.7 Å². The van der Waals surface area contributed by atoms with Gasteiger partial charge in [-0.3, -0.25) is 9.78 Å². The van der Waals surface area contributed by atoms with Gasteiger partial charge in [0.2, 0.25) is 0 Å². The van der Waals surface area contributed by atoms with Crippen LogP contribution in [0.1, 0.15) is 28.9 Å². The van der Waals surface area contributed by atoms with E-state index in [1.165, 1.54) is 0 Å². The molecule has 4 nitrogen and oxygen atoms in total. The van der Waals surface area contributed by atoms with Crippen LogP contribution in [0.15, 0.2) is 42.5 Å². The van der Waals surface area contributed by atoms with E-state index >= 15 is 0 Å². The van der Waals surface area contributed by atoms with E-state index in [4.69, 9.17) is 0 Å². The summed E-state index contributed by atoms with van der Waals surface area (Å²) in [5.41, 5.74) is 3.56. The van der Waals surface area contributed by atoms with E-state index in [0.29, 0.717) is 0 Å². The van der Waals surface area contributed by atoms with Gasteiger partial charge in [0.1, 0.15) is 0 Å². The Kier molecular flexibility index (Phi) is 4.53. The number of pyridine rings is 1. The second-order valence-electron chi connectivity index (χ2n) is 7.24. The van der Waals surface area contributed by atoms with Crippen LogP contribution >= 0.6 is 0 Å². The lowest BCUT2D eigenvalue weighted by Crippen LogP contribution is -2.33. The number of hydrogen-bond acceptors (Lipinski definition) is 3. The summed E-state index contributed by atoms with van der Waals surface area (Å²) in [5.74, 6) is 1.60. The first-order valence-electron chi connectivity index (χ1n) is 9.25. The smallest absolute Gasteiger partial charge is 0.255 e. The van der Waals surface area contributed by atoms with Crippen molar-refractivity contribution in [2.75, 3.05) is 26.2 Å². The highest BCUT2D eigenvalue weighted by atomic mass is 16.2. The van der Waals surface area contributed by atoms with Gasteiger partial charge < -0.3 is 10.2 Å². The molecule has 0 saturated carbocycles. The number of rotatable bonds is 2. The van der Waals surface area contributed by atoms with E-state index in [9.17, 15) is 4.79 Å². The van der Waals surface area contributed by atoms with Gasteiger partial charge in [-0.25, -0.2) is 0 Å². The van der Waals surface area contributed by atoms with Crippen molar-refractivity contribution in [3.63, 3.8) is 0 Å². The maximum atomic E-state index is 13.0. The van der Waals surface area contributed by atoms with Crippen molar-refractivity contribution < 1.29 is 4.79 Å². The van der Waals surface area contributed by atoms with E-state index in [1.54, 1.807) is 0 Å². The van der Waals surface area contributed by atoms with Gasteiger partial charge in [-0.05, 0) is 56.8 Å². The second-order valence-corrected chi connectivity index (χ2v) is 7.24. The second kappa shape index (κ2) is 6.96. The molecule has 0 unspecified atom stereocenters. The average molecular weight is 335 g/mol. The summed E-state index contributed by atoms with van der Waals surface area (Å²) in [7, 11) is 0. The fourth-order valence-corrected chi connectivity index (χ4v) is 4.15. The van der Waals surface area contributed by atoms with Gasteiger partial charge in [0.05, 0.1) is 17.0 Å². The minimum Gasteiger partial charge on any atom is -0.339 e. The fourth-order valence-electron chi connectivity index (χ4n) is 4.15. The first-order valence-corrected chi connectivity index (χ1v) is 9.25. The minimum absolute atomic E-state index is 0.137. The highest BCUT2D eigenvalue weighted by Gasteiger charge is 2.32. The molecule has 2 saturated heterocycles. The fraction of sp³-hybridized carbons (Fsp3) is 0.429. The molecule has 3 heterocycles. The van der Waals surface area contributed by atoms with Gasteiger partial charge in [-0.15, -0.1) is 0 Å². The van der Waals surface area contributed by atoms with Crippen LogP contribution in [0.3, 0.4) is 0 Å². The molecule has 4 heteroatoms. The van der Waals surface area contributed by atoms with Crippen LogP contribution in [0.25, 0.3) is 11.3 Å². The van der Waals surface area contributed by atoms with Crippen LogP contribution in [0.4, 0.5) is 0 Å². The Labute approximate surface area is 149 Å². The first-order chi connectivity index (χ1) is 12.2. The van der Waals surface area contributed by atoms with Gasteiger partial charge in [-0.2, -0.15) is 0 Å². The zero-order valence-electron chi connectivity index (χ0n) is 14.7. The van der Waals surface area contributed by atoms with Crippen LogP contribution in [0.5, 0.6) is 0 Å². The third-order valence-electron chi connectivity index (χ3n) is 5.69. The Morgan fingerprint density at radius 2 is 1.72 bits per heavy atom. The molecule has 130 valence electrons. The highest BCUT2D eigenvalue weighted by Crippen LogP contribution is 2.28. The molecule has 4 rings (SSSR count). The van der Waals surface area contributed by atoms with Crippen molar-refractivity contribution >= 4 is 5.91 Å². The van der Waals surface area contributed by atoms with Crippen LogP contribution < -0.4 is 5.32 Å². The number of fused-ring (bicyclic) bond motifs is 1. The number of benzene rings is 1. The maximum Gasteiger partial charge on any atom is 0.255 e. The molecule has 25 heavy (non-hydrogen) atoms. The van der Waals surface area contributed by atoms with Crippen LogP contribution in [0.2, 0.25) is 0 Å². The number of carbonyl (C=O) groups is 1. The van der Waals surface area contributed by atoms with Gasteiger partial charge >= 0.3 is 0 Å². The molecule has 0 spiro atoms. The summed E-state index contributed by atoms with van der Waals surface area (Å²) in [5, 5.41) is 3.49. The number of nitrogens with zero attached hydrogens (tertiary/aromatic N) is 2. The minimum atomic E-state index is 0.137. The third kappa shape index (κ3) is 3.31. The quantitative estimate of drug-likeness (QED) is 0.917. The van der Waals surface area contributed by atoms with E-state index in [0.717, 1.165) is 73.4 Å². The molecule has 2 atom stereocenters. The number of aromatic nitrogens is 1. The molecule has 2 fully saturated rings. The van der Waals surface area contributed by atoms with E-state index in [-0.39, 0.29) is 5.91 Å². The lowest BCUT2D eigenvalue weighted by atomic mass is 9.92. The van der Waals surface area contributed by atoms with Crippen LogP contribution in [0, 0.1) is 18.8 Å².